The van der Waals surface area contributed by atoms with Crippen molar-refractivity contribution in [3.05, 3.63) is 59.2 Å². The molecule has 8 nitrogen and oxygen atoms in total. The van der Waals surface area contributed by atoms with Gasteiger partial charge in [0, 0.05) is 11.4 Å². The number of carbonyl (C=O) groups excluding carboxylic acids is 3. The molecule has 2 aromatic carbocycles. The van der Waals surface area contributed by atoms with Gasteiger partial charge in [0.15, 0.2) is 0 Å². The van der Waals surface area contributed by atoms with Gasteiger partial charge in [-0.2, -0.15) is 10.4 Å². The number of para-hydroxylation sites is 1. The van der Waals surface area contributed by atoms with Crippen LogP contribution < -0.4 is 16.1 Å². The molecule has 0 unspecified atom stereocenters. The van der Waals surface area contributed by atoms with Crippen molar-refractivity contribution in [3.63, 3.8) is 0 Å². The minimum absolute atomic E-state index is 0.112. The third-order valence-electron chi connectivity index (χ3n) is 3.93. The molecule has 0 fully saturated rings. The van der Waals surface area contributed by atoms with Gasteiger partial charge < -0.3 is 10.6 Å². The number of rotatable bonds is 5. The van der Waals surface area contributed by atoms with Crippen LogP contribution in [0.1, 0.15) is 30.0 Å². The Kier molecular flexibility index (Phi) is 7.20. The molecule has 2 aromatic rings. The van der Waals surface area contributed by atoms with Crippen LogP contribution in [0, 0.1) is 25.2 Å². The van der Waals surface area contributed by atoms with E-state index in [0.29, 0.717) is 22.6 Å². The fourth-order valence-corrected chi connectivity index (χ4v) is 2.40. The number of hydrogen-bond acceptors (Lipinski definition) is 5. The van der Waals surface area contributed by atoms with Crippen LogP contribution in [-0.4, -0.2) is 23.4 Å². The SMILES string of the molecule is CC(CC(=O)Nc1ccccc1C#N)=NNC(=O)C(=O)Nc1cc(C)ccc1C. The fraction of sp³-hybridized carbons (Fsp3) is 0.190. The lowest BCUT2D eigenvalue weighted by molar-refractivity contribution is -0.136. The molecule has 0 aliphatic heterocycles. The van der Waals surface area contributed by atoms with E-state index in [2.05, 4.69) is 21.2 Å². The third kappa shape index (κ3) is 6.29. The van der Waals surface area contributed by atoms with Gasteiger partial charge in [-0.05, 0) is 50.1 Å². The molecule has 8 heteroatoms. The summed E-state index contributed by atoms with van der Waals surface area (Å²) in [7, 11) is 0. The Labute approximate surface area is 168 Å². The lowest BCUT2D eigenvalue weighted by Gasteiger charge is -2.09. The minimum atomic E-state index is -0.944. The number of hydrogen-bond donors (Lipinski definition) is 3. The van der Waals surface area contributed by atoms with Crippen molar-refractivity contribution in [1.82, 2.24) is 5.43 Å². The van der Waals surface area contributed by atoms with E-state index >= 15 is 0 Å². The summed E-state index contributed by atoms with van der Waals surface area (Å²) in [6.07, 6.45) is -0.112. The highest BCUT2D eigenvalue weighted by atomic mass is 16.2. The molecule has 0 aromatic heterocycles. The third-order valence-corrected chi connectivity index (χ3v) is 3.93. The second-order valence-electron chi connectivity index (χ2n) is 6.44. The Hall–Kier alpha value is -3.99. The van der Waals surface area contributed by atoms with Crippen molar-refractivity contribution < 1.29 is 14.4 Å². The van der Waals surface area contributed by atoms with Crippen molar-refractivity contribution in [2.75, 3.05) is 10.6 Å². The van der Waals surface area contributed by atoms with Crippen molar-refractivity contribution in [2.24, 2.45) is 5.10 Å². The lowest BCUT2D eigenvalue weighted by Crippen LogP contribution is -2.33. The van der Waals surface area contributed by atoms with Gasteiger partial charge in [0.05, 0.1) is 17.7 Å². The highest BCUT2D eigenvalue weighted by molar-refractivity contribution is 6.39. The molecular formula is C21H21N5O3. The van der Waals surface area contributed by atoms with E-state index in [-0.39, 0.29) is 6.42 Å². The molecule has 0 radical (unpaired) electrons. The van der Waals surface area contributed by atoms with E-state index in [1.54, 1.807) is 37.3 Å². The maximum atomic E-state index is 12.1. The van der Waals surface area contributed by atoms with Crippen LogP contribution in [0.3, 0.4) is 0 Å². The molecule has 29 heavy (non-hydrogen) atoms. The monoisotopic (exact) mass is 391 g/mol. The summed E-state index contributed by atoms with van der Waals surface area (Å²) in [6, 6.07) is 14.1. The quantitative estimate of drug-likeness (QED) is 0.412. The molecule has 2 rings (SSSR count). The average Bonchev–Trinajstić information content (AvgIpc) is 2.69. The summed E-state index contributed by atoms with van der Waals surface area (Å²) in [4.78, 5) is 36.0. The average molecular weight is 391 g/mol. The van der Waals surface area contributed by atoms with Gasteiger partial charge >= 0.3 is 11.8 Å². The Bertz CT molecular complexity index is 1020. The van der Waals surface area contributed by atoms with E-state index in [4.69, 9.17) is 5.26 Å². The Morgan fingerprint density at radius 2 is 1.72 bits per heavy atom. The van der Waals surface area contributed by atoms with Crippen molar-refractivity contribution in [3.8, 4) is 6.07 Å². The maximum absolute atomic E-state index is 12.1. The van der Waals surface area contributed by atoms with Crippen molar-refractivity contribution in [1.29, 1.82) is 5.26 Å². The van der Waals surface area contributed by atoms with Crippen LogP contribution in [0.2, 0.25) is 0 Å². The van der Waals surface area contributed by atoms with E-state index < -0.39 is 17.7 Å². The van der Waals surface area contributed by atoms with Gasteiger partial charge in [0.2, 0.25) is 5.91 Å². The first kappa shape index (κ1) is 21.3. The number of benzene rings is 2. The van der Waals surface area contributed by atoms with Crippen molar-refractivity contribution >= 4 is 34.8 Å². The Morgan fingerprint density at radius 1 is 1.00 bits per heavy atom. The predicted octanol–water partition coefficient (Wildman–Crippen LogP) is 2.63. The molecule has 0 spiro atoms. The molecule has 0 heterocycles. The molecule has 0 saturated heterocycles. The van der Waals surface area contributed by atoms with Crippen LogP contribution in [0.4, 0.5) is 11.4 Å². The topological polar surface area (TPSA) is 123 Å². The van der Waals surface area contributed by atoms with Gasteiger partial charge in [-0.25, -0.2) is 5.43 Å². The number of nitriles is 1. The molecule has 0 aliphatic rings. The van der Waals surface area contributed by atoms with Crippen LogP contribution in [0.5, 0.6) is 0 Å². The van der Waals surface area contributed by atoms with Crippen LogP contribution in [0.15, 0.2) is 47.6 Å². The second kappa shape index (κ2) is 9.80. The number of aryl methyl sites for hydroxylation is 2. The van der Waals surface area contributed by atoms with Crippen LogP contribution in [0.25, 0.3) is 0 Å². The first-order valence-corrected chi connectivity index (χ1v) is 8.81. The van der Waals surface area contributed by atoms with E-state index in [1.165, 1.54) is 0 Å². The van der Waals surface area contributed by atoms with Gasteiger partial charge in [0.25, 0.3) is 0 Å². The Morgan fingerprint density at radius 3 is 2.45 bits per heavy atom. The summed E-state index contributed by atoms with van der Waals surface area (Å²) in [5.41, 5.74) is 5.48. The normalized spacial score (nSPS) is 10.6. The van der Waals surface area contributed by atoms with Gasteiger partial charge in [-0.3, -0.25) is 14.4 Å². The van der Waals surface area contributed by atoms with Gasteiger partial charge in [-0.1, -0.05) is 24.3 Å². The molecule has 148 valence electrons. The van der Waals surface area contributed by atoms with Crippen LogP contribution in [-0.2, 0) is 14.4 Å². The zero-order valence-corrected chi connectivity index (χ0v) is 16.4. The molecule has 0 bridgehead atoms. The van der Waals surface area contributed by atoms with Gasteiger partial charge in [-0.15, -0.1) is 0 Å². The fourth-order valence-electron chi connectivity index (χ4n) is 2.40. The highest BCUT2D eigenvalue weighted by Gasteiger charge is 2.15. The van der Waals surface area contributed by atoms with E-state index in [1.807, 2.05) is 32.0 Å². The standard InChI is InChI=1S/C21H21N5O3/c1-13-8-9-14(2)18(10-13)24-20(28)21(29)26-25-15(3)11-19(27)23-17-7-5-4-6-16(17)12-22/h4-10H,11H2,1-3H3,(H,23,27)(H,24,28)(H,26,29). The number of hydrazone groups is 1. The number of carbonyl (C=O) groups is 3. The molecule has 3 N–H and O–H groups in total. The second-order valence-corrected chi connectivity index (χ2v) is 6.44. The number of amides is 3. The molecule has 0 atom stereocenters. The van der Waals surface area contributed by atoms with E-state index in [0.717, 1.165) is 11.1 Å². The minimum Gasteiger partial charge on any atom is -0.325 e. The Balaban J connectivity index is 1.90. The number of nitrogens with zero attached hydrogens (tertiary/aromatic N) is 2. The van der Waals surface area contributed by atoms with E-state index in [9.17, 15) is 14.4 Å². The molecular weight excluding hydrogens is 370 g/mol. The lowest BCUT2D eigenvalue weighted by atomic mass is 10.1. The first-order chi connectivity index (χ1) is 13.8. The number of anilines is 2. The molecule has 0 aliphatic carbocycles. The summed E-state index contributed by atoms with van der Waals surface area (Å²) < 4.78 is 0. The largest absolute Gasteiger partial charge is 0.329 e. The number of nitrogens with one attached hydrogen (secondary N) is 3. The highest BCUT2D eigenvalue weighted by Crippen LogP contribution is 2.16. The molecule has 3 amide bonds. The smallest absolute Gasteiger partial charge is 0.325 e. The first-order valence-electron chi connectivity index (χ1n) is 8.81. The summed E-state index contributed by atoms with van der Waals surface area (Å²) in [5, 5.41) is 18.0. The van der Waals surface area contributed by atoms with Gasteiger partial charge in [0.1, 0.15) is 6.07 Å². The van der Waals surface area contributed by atoms with Crippen molar-refractivity contribution in [2.45, 2.75) is 27.2 Å². The zero-order chi connectivity index (χ0) is 21.4. The zero-order valence-electron chi connectivity index (χ0n) is 16.4. The van der Waals surface area contributed by atoms with Crippen LogP contribution >= 0.6 is 0 Å². The predicted molar refractivity (Wildman–Crippen MR) is 110 cm³/mol. The molecule has 0 saturated carbocycles. The summed E-state index contributed by atoms with van der Waals surface area (Å²) in [5.74, 6) is -2.20. The summed E-state index contributed by atoms with van der Waals surface area (Å²) in [6.45, 7) is 5.24. The maximum Gasteiger partial charge on any atom is 0.329 e. The summed E-state index contributed by atoms with van der Waals surface area (Å²) >= 11 is 0.